The Kier molecular flexibility index (Phi) is 4.24. The Balaban J connectivity index is 1.77. The van der Waals surface area contributed by atoms with Gasteiger partial charge in [0.25, 0.3) is 11.8 Å². The van der Waals surface area contributed by atoms with Crippen LogP contribution in [0.4, 0.5) is 5.69 Å². The Hall–Kier alpha value is -3.44. The maximum atomic E-state index is 12.1. The molecule has 142 valence electrons. The van der Waals surface area contributed by atoms with Gasteiger partial charge in [0.15, 0.2) is 0 Å². The van der Waals surface area contributed by atoms with Crippen LogP contribution < -0.4 is 11.1 Å². The second kappa shape index (κ2) is 6.62. The number of carbonyl (C=O) groups excluding carboxylic acids is 2. The summed E-state index contributed by atoms with van der Waals surface area (Å²) >= 11 is 0. The molecule has 0 radical (unpaired) electrons. The Morgan fingerprint density at radius 2 is 2.25 bits per heavy atom. The van der Waals surface area contributed by atoms with Gasteiger partial charge in [-0.15, -0.1) is 0 Å². The van der Waals surface area contributed by atoms with Crippen molar-refractivity contribution in [3.8, 4) is 23.1 Å². The first kappa shape index (κ1) is 17.9. The first-order chi connectivity index (χ1) is 13.4. The monoisotopic (exact) mass is 377 g/mol. The van der Waals surface area contributed by atoms with Gasteiger partial charge in [0.1, 0.15) is 0 Å². The van der Waals surface area contributed by atoms with E-state index < -0.39 is 11.5 Å². The van der Waals surface area contributed by atoms with Crippen LogP contribution in [0.5, 0.6) is 0 Å². The number of aliphatic hydroxyl groups is 1. The molecule has 8 nitrogen and oxygen atoms in total. The Morgan fingerprint density at radius 3 is 2.96 bits per heavy atom. The highest BCUT2D eigenvalue weighted by molar-refractivity contribution is 5.91. The van der Waals surface area contributed by atoms with E-state index in [1.807, 2.05) is 12.1 Å². The number of nitrogens with zero attached hydrogens (tertiary/aromatic N) is 3. The minimum Gasteiger partial charge on any atom is -0.384 e. The lowest BCUT2D eigenvalue weighted by atomic mass is 9.97. The molecule has 2 aliphatic heterocycles. The summed E-state index contributed by atoms with van der Waals surface area (Å²) in [6, 6.07) is 5.44. The Morgan fingerprint density at radius 1 is 1.43 bits per heavy atom. The number of nitrogens with two attached hydrogens (primary N) is 1. The molecule has 4 N–H and O–H groups in total. The number of aromatic nitrogens is 2. The van der Waals surface area contributed by atoms with Crippen molar-refractivity contribution >= 4 is 17.5 Å². The molecule has 0 aliphatic carbocycles. The molecule has 0 saturated carbocycles. The number of nitrogens with one attached hydrogen (secondary N) is 1. The zero-order valence-electron chi connectivity index (χ0n) is 15.3. The molecular weight excluding hydrogens is 358 g/mol. The standard InChI is InChI=1S/C20H19N5O3/c1-25-9-6-20(28,19(25)27)5-2-12-10-14(13-3-7-22-16(13)11-12)15-4-8-23-18(24-15)17(21)26/h4,8,10-11,22,28H,3,6-7,9H2,1H3,(H2,21,26)/t20-/m0/s1. The smallest absolute Gasteiger partial charge is 0.286 e. The van der Waals surface area contributed by atoms with E-state index >= 15 is 0 Å². The average Bonchev–Trinajstić information content (AvgIpc) is 3.26. The third-order valence-corrected chi connectivity index (χ3v) is 5.02. The van der Waals surface area contributed by atoms with Crippen molar-refractivity contribution in [2.45, 2.75) is 18.4 Å². The van der Waals surface area contributed by atoms with Crippen molar-refractivity contribution in [2.24, 2.45) is 5.73 Å². The second-order valence-electron chi connectivity index (χ2n) is 6.94. The van der Waals surface area contributed by atoms with Crippen molar-refractivity contribution in [1.29, 1.82) is 0 Å². The fraction of sp³-hybridized carbons (Fsp3) is 0.300. The number of anilines is 1. The van der Waals surface area contributed by atoms with Gasteiger partial charge < -0.3 is 21.1 Å². The molecule has 3 heterocycles. The topological polar surface area (TPSA) is 121 Å². The molecule has 1 atom stereocenters. The Bertz CT molecular complexity index is 1060. The van der Waals surface area contributed by atoms with Gasteiger partial charge in [-0.3, -0.25) is 9.59 Å². The minimum atomic E-state index is -1.66. The van der Waals surface area contributed by atoms with Crippen molar-refractivity contribution < 1.29 is 14.7 Å². The van der Waals surface area contributed by atoms with Gasteiger partial charge in [0.05, 0.1) is 5.69 Å². The summed E-state index contributed by atoms with van der Waals surface area (Å²) < 4.78 is 0. The molecule has 0 spiro atoms. The number of hydrogen-bond acceptors (Lipinski definition) is 6. The summed E-state index contributed by atoms with van der Waals surface area (Å²) in [6.07, 6.45) is 2.58. The molecule has 1 fully saturated rings. The molecule has 1 aromatic carbocycles. The molecule has 1 aromatic heterocycles. The minimum absolute atomic E-state index is 0.0532. The molecular formula is C20H19N5O3. The quantitative estimate of drug-likeness (QED) is 0.641. The van der Waals surface area contributed by atoms with Gasteiger partial charge >= 0.3 is 0 Å². The number of rotatable bonds is 2. The van der Waals surface area contributed by atoms with Gasteiger partial charge in [-0.1, -0.05) is 11.8 Å². The summed E-state index contributed by atoms with van der Waals surface area (Å²) in [5.41, 5.74) is 7.65. The molecule has 2 amide bonds. The van der Waals surface area contributed by atoms with E-state index in [0.717, 1.165) is 29.8 Å². The van der Waals surface area contributed by atoms with Crippen LogP contribution in [0.3, 0.4) is 0 Å². The fourth-order valence-corrected chi connectivity index (χ4v) is 3.49. The first-order valence-corrected chi connectivity index (χ1v) is 8.92. The van der Waals surface area contributed by atoms with E-state index in [1.54, 1.807) is 13.1 Å². The molecule has 2 aliphatic rings. The molecule has 2 aromatic rings. The lowest BCUT2D eigenvalue weighted by molar-refractivity contribution is -0.137. The van der Waals surface area contributed by atoms with Crippen LogP contribution >= 0.6 is 0 Å². The summed E-state index contributed by atoms with van der Waals surface area (Å²) in [7, 11) is 1.64. The second-order valence-corrected chi connectivity index (χ2v) is 6.94. The number of likely N-dealkylation sites (N-methyl/N-ethyl adjacent to an activating group) is 1. The van der Waals surface area contributed by atoms with E-state index in [2.05, 4.69) is 27.1 Å². The number of benzene rings is 1. The maximum Gasteiger partial charge on any atom is 0.286 e. The molecule has 0 bridgehead atoms. The summed E-state index contributed by atoms with van der Waals surface area (Å²) in [4.78, 5) is 33.2. The SMILES string of the molecule is CN1CC[C@@](O)(C#Cc2cc3c(c(-c4ccnc(C(N)=O)n4)c2)CCN3)C1=O. The van der Waals surface area contributed by atoms with Gasteiger partial charge in [0, 0.05) is 49.6 Å². The van der Waals surface area contributed by atoms with Gasteiger partial charge in [-0.25, -0.2) is 9.97 Å². The van der Waals surface area contributed by atoms with Crippen LogP contribution in [0.15, 0.2) is 24.4 Å². The van der Waals surface area contributed by atoms with E-state index in [1.165, 1.54) is 11.1 Å². The summed E-state index contributed by atoms with van der Waals surface area (Å²) in [5.74, 6) is 4.53. The number of amides is 2. The largest absolute Gasteiger partial charge is 0.384 e. The van der Waals surface area contributed by atoms with Crippen LogP contribution in [0, 0.1) is 11.8 Å². The third kappa shape index (κ3) is 3.06. The first-order valence-electron chi connectivity index (χ1n) is 8.92. The van der Waals surface area contributed by atoms with E-state index in [9.17, 15) is 14.7 Å². The number of likely N-dealkylation sites (tertiary alicyclic amines) is 1. The number of carbonyl (C=O) groups is 2. The highest BCUT2D eigenvalue weighted by Crippen LogP contribution is 2.33. The lowest BCUT2D eigenvalue weighted by Crippen LogP contribution is -2.37. The summed E-state index contributed by atoms with van der Waals surface area (Å²) in [5, 5.41) is 13.8. The molecule has 28 heavy (non-hydrogen) atoms. The molecule has 4 rings (SSSR count). The van der Waals surface area contributed by atoms with Crippen LogP contribution in [-0.4, -0.2) is 57.5 Å². The van der Waals surface area contributed by atoms with Crippen LogP contribution in [0.1, 0.15) is 28.2 Å². The molecule has 0 unspecified atom stereocenters. The van der Waals surface area contributed by atoms with Crippen LogP contribution in [0.2, 0.25) is 0 Å². The third-order valence-electron chi connectivity index (χ3n) is 5.02. The zero-order chi connectivity index (χ0) is 19.9. The average molecular weight is 377 g/mol. The maximum absolute atomic E-state index is 12.1. The van der Waals surface area contributed by atoms with Gasteiger partial charge in [0.2, 0.25) is 11.4 Å². The normalized spacial score (nSPS) is 20.4. The van der Waals surface area contributed by atoms with Crippen molar-refractivity contribution in [3.05, 3.63) is 41.3 Å². The van der Waals surface area contributed by atoms with Crippen LogP contribution in [-0.2, 0) is 11.2 Å². The van der Waals surface area contributed by atoms with Crippen LogP contribution in [0.25, 0.3) is 11.3 Å². The predicted molar refractivity (Wildman–Crippen MR) is 102 cm³/mol. The van der Waals surface area contributed by atoms with Gasteiger partial charge in [-0.2, -0.15) is 0 Å². The predicted octanol–water partition coefficient (Wildman–Crippen LogP) is 0.155. The van der Waals surface area contributed by atoms with E-state index in [-0.39, 0.29) is 18.2 Å². The zero-order valence-corrected chi connectivity index (χ0v) is 15.3. The van der Waals surface area contributed by atoms with E-state index in [4.69, 9.17) is 5.73 Å². The fourth-order valence-electron chi connectivity index (χ4n) is 3.49. The van der Waals surface area contributed by atoms with Crippen molar-refractivity contribution in [1.82, 2.24) is 14.9 Å². The highest BCUT2D eigenvalue weighted by atomic mass is 16.3. The molecule has 8 heteroatoms. The summed E-state index contributed by atoms with van der Waals surface area (Å²) in [6.45, 7) is 1.25. The van der Waals surface area contributed by atoms with Crippen molar-refractivity contribution in [3.63, 3.8) is 0 Å². The van der Waals surface area contributed by atoms with Crippen molar-refractivity contribution in [2.75, 3.05) is 25.5 Å². The van der Waals surface area contributed by atoms with Gasteiger partial charge in [-0.05, 0) is 30.2 Å². The highest BCUT2D eigenvalue weighted by Gasteiger charge is 2.42. The number of fused-ring (bicyclic) bond motifs is 1. The van der Waals surface area contributed by atoms with E-state index in [0.29, 0.717) is 17.8 Å². The number of hydrogen-bond donors (Lipinski definition) is 3. The number of primary amides is 1. The molecule has 1 saturated heterocycles. The Labute approximate surface area is 161 Å². The lowest BCUT2D eigenvalue weighted by Gasteiger charge is -2.13.